The molecule has 0 bridgehead atoms. The van der Waals surface area contributed by atoms with Gasteiger partial charge in [-0.25, -0.2) is 4.98 Å². The molecule has 0 N–H and O–H groups in total. The van der Waals surface area contributed by atoms with Crippen LogP contribution in [0.25, 0.3) is 0 Å². The van der Waals surface area contributed by atoms with Crippen LogP contribution in [0.15, 0.2) is 37.1 Å². The Morgan fingerprint density at radius 2 is 2.09 bits per heavy atom. The van der Waals surface area contributed by atoms with Crippen LogP contribution >= 0.6 is 0 Å². The van der Waals surface area contributed by atoms with E-state index in [4.69, 9.17) is 4.74 Å². The standard InChI is InChI=1S/C17H22N4O/c1-2-17(7-18-5-1)22-12-15-9-20(8-14-3-4-14)11-16-6-19-13-21(16)10-15/h1-2,5-7,13-15H,3-4,8-12H2/t15-/m0/s1. The van der Waals surface area contributed by atoms with Gasteiger partial charge in [-0.3, -0.25) is 9.88 Å². The quantitative estimate of drug-likeness (QED) is 0.849. The highest BCUT2D eigenvalue weighted by atomic mass is 16.5. The van der Waals surface area contributed by atoms with Gasteiger partial charge in [0.2, 0.25) is 0 Å². The van der Waals surface area contributed by atoms with Crippen LogP contribution < -0.4 is 4.74 Å². The zero-order chi connectivity index (χ0) is 14.8. The van der Waals surface area contributed by atoms with Crippen molar-refractivity contribution >= 4 is 0 Å². The molecule has 1 aliphatic carbocycles. The maximum Gasteiger partial charge on any atom is 0.137 e. The molecule has 1 aliphatic heterocycles. The van der Waals surface area contributed by atoms with Crippen LogP contribution in [0.1, 0.15) is 18.5 Å². The lowest BCUT2D eigenvalue weighted by atomic mass is 10.1. The summed E-state index contributed by atoms with van der Waals surface area (Å²) < 4.78 is 8.22. The fourth-order valence-corrected chi connectivity index (χ4v) is 3.20. The minimum atomic E-state index is 0.481. The van der Waals surface area contributed by atoms with Gasteiger partial charge < -0.3 is 9.30 Å². The maximum atomic E-state index is 5.94. The highest BCUT2D eigenvalue weighted by Gasteiger charge is 2.28. The van der Waals surface area contributed by atoms with E-state index in [0.29, 0.717) is 5.92 Å². The average molecular weight is 298 g/mol. The number of aromatic nitrogens is 3. The molecule has 0 radical (unpaired) electrons. The second kappa shape index (κ2) is 6.08. The Morgan fingerprint density at radius 1 is 1.14 bits per heavy atom. The van der Waals surface area contributed by atoms with Gasteiger partial charge in [0.1, 0.15) is 5.75 Å². The molecular formula is C17H22N4O. The summed E-state index contributed by atoms with van der Waals surface area (Å²) in [6.45, 7) is 5.04. The van der Waals surface area contributed by atoms with Crippen molar-refractivity contribution in [1.29, 1.82) is 0 Å². The fraction of sp³-hybridized carbons (Fsp3) is 0.529. The van der Waals surface area contributed by atoms with Crippen molar-refractivity contribution in [2.24, 2.45) is 11.8 Å². The molecule has 0 saturated heterocycles. The lowest BCUT2D eigenvalue weighted by Crippen LogP contribution is -2.32. The van der Waals surface area contributed by atoms with E-state index in [1.807, 2.05) is 24.7 Å². The van der Waals surface area contributed by atoms with Gasteiger partial charge in [0.15, 0.2) is 0 Å². The summed E-state index contributed by atoms with van der Waals surface area (Å²) in [6.07, 6.45) is 10.3. The Balaban J connectivity index is 1.43. The third kappa shape index (κ3) is 3.30. The van der Waals surface area contributed by atoms with E-state index in [9.17, 15) is 0 Å². The average Bonchev–Trinajstić information content (AvgIpc) is 3.28. The molecule has 1 fully saturated rings. The Labute approximate surface area is 130 Å². The van der Waals surface area contributed by atoms with Gasteiger partial charge in [-0.15, -0.1) is 0 Å². The van der Waals surface area contributed by atoms with Gasteiger partial charge in [0, 0.05) is 44.5 Å². The molecule has 3 heterocycles. The molecule has 22 heavy (non-hydrogen) atoms. The van der Waals surface area contributed by atoms with Crippen molar-refractivity contribution < 1.29 is 4.74 Å². The zero-order valence-corrected chi connectivity index (χ0v) is 12.8. The summed E-state index contributed by atoms with van der Waals surface area (Å²) in [5.74, 6) is 2.25. The summed E-state index contributed by atoms with van der Waals surface area (Å²) in [7, 11) is 0. The van der Waals surface area contributed by atoms with Crippen LogP contribution in [-0.2, 0) is 13.1 Å². The number of hydrogen-bond donors (Lipinski definition) is 0. The minimum absolute atomic E-state index is 0.481. The van der Waals surface area contributed by atoms with E-state index in [-0.39, 0.29) is 0 Å². The van der Waals surface area contributed by atoms with Crippen LogP contribution in [0.3, 0.4) is 0 Å². The van der Waals surface area contributed by atoms with Crippen LogP contribution in [0.5, 0.6) is 5.75 Å². The van der Waals surface area contributed by atoms with Crippen molar-refractivity contribution in [2.45, 2.75) is 25.9 Å². The molecule has 116 valence electrons. The fourth-order valence-electron chi connectivity index (χ4n) is 3.20. The van der Waals surface area contributed by atoms with Crippen molar-refractivity contribution in [3.8, 4) is 5.75 Å². The van der Waals surface area contributed by atoms with Crippen LogP contribution in [0, 0.1) is 11.8 Å². The van der Waals surface area contributed by atoms with Gasteiger partial charge in [0.25, 0.3) is 0 Å². The van der Waals surface area contributed by atoms with Gasteiger partial charge >= 0.3 is 0 Å². The zero-order valence-electron chi connectivity index (χ0n) is 12.8. The highest BCUT2D eigenvalue weighted by molar-refractivity contribution is 5.15. The first-order valence-electron chi connectivity index (χ1n) is 8.11. The topological polar surface area (TPSA) is 43.2 Å². The summed E-state index contributed by atoms with van der Waals surface area (Å²) >= 11 is 0. The third-order valence-electron chi connectivity index (χ3n) is 4.49. The first-order chi connectivity index (χ1) is 10.9. The van der Waals surface area contributed by atoms with E-state index < -0.39 is 0 Å². The van der Waals surface area contributed by atoms with Crippen LogP contribution in [-0.4, -0.2) is 39.1 Å². The lowest BCUT2D eigenvalue weighted by Gasteiger charge is -2.23. The Kier molecular flexibility index (Phi) is 3.81. The molecular weight excluding hydrogens is 276 g/mol. The predicted octanol–water partition coefficient (Wildman–Crippen LogP) is 2.20. The summed E-state index contributed by atoms with van der Waals surface area (Å²) in [4.78, 5) is 11.0. The molecule has 0 amide bonds. The summed E-state index contributed by atoms with van der Waals surface area (Å²) in [6, 6.07) is 3.88. The molecule has 5 heteroatoms. The molecule has 2 aromatic rings. The summed E-state index contributed by atoms with van der Waals surface area (Å²) in [5, 5.41) is 0. The molecule has 4 rings (SSSR count). The van der Waals surface area contributed by atoms with Crippen molar-refractivity contribution in [1.82, 2.24) is 19.4 Å². The van der Waals surface area contributed by atoms with E-state index in [2.05, 4.69) is 19.4 Å². The van der Waals surface area contributed by atoms with Gasteiger partial charge in [-0.05, 0) is 30.9 Å². The number of pyridine rings is 1. The first-order valence-corrected chi connectivity index (χ1v) is 8.11. The second-order valence-electron chi connectivity index (χ2n) is 6.54. The van der Waals surface area contributed by atoms with E-state index in [0.717, 1.165) is 37.9 Å². The molecule has 2 aliphatic rings. The van der Waals surface area contributed by atoms with Crippen LogP contribution in [0.4, 0.5) is 0 Å². The minimum Gasteiger partial charge on any atom is -0.492 e. The second-order valence-corrected chi connectivity index (χ2v) is 6.54. The molecule has 0 aromatic carbocycles. The third-order valence-corrected chi connectivity index (χ3v) is 4.49. The van der Waals surface area contributed by atoms with Crippen molar-refractivity contribution in [2.75, 3.05) is 19.7 Å². The van der Waals surface area contributed by atoms with Gasteiger partial charge in [-0.1, -0.05) is 0 Å². The largest absolute Gasteiger partial charge is 0.492 e. The maximum absolute atomic E-state index is 5.94. The van der Waals surface area contributed by atoms with Crippen molar-refractivity contribution in [3.63, 3.8) is 0 Å². The van der Waals surface area contributed by atoms with Crippen molar-refractivity contribution in [3.05, 3.63) is 42.7 Å². The number of hydrogen-bond acceptors (Lipinski definition) is 4. The first kappa shape index (κ1) is 13.8. The Bertz CT molecular complexity index is 608. The molecule has 5 nitrogen and oxygen atoms in total. The van der Waals surface area contributed by atoms with E-state index in [1.165, 1.54) is 25.1 Å². The van der Waals surface area contributed by atoms with E-state index in [1.54, 1.807) is 12.4 Å². The molecule has 2 aromatic heterocycles. The molecule has 1 atom stereocenters. The molecule has 0 spiro atoms. The Hall–Kier alpha value is -1.88. The summed E-state index contributed by atoms with van der Waals surface area (Å²) in [5.41, 5.74) is 1.32. The number of imidazole rings is 1. The van der Waals surface area contributed by atoms with Crippen LogP contribution in [0.2, 0.25) is 0 Å². The normalized spacial score (nSPS) is 22.1. The lowest BCUT2D eigenvalue weighted by molar-refractivity contribution is 0.168. The SMILES string of the molecule is c1cncc(OC[C@H]2CN(CC3CC3)Cc3cncn3C2)c1. The predicted molar refractivity (Wildman–Crippen MR) is 83.5 cm³/mol. The number of rotatable bonds is 5. The smallest absolute Gasteiger partial charge is 0.137 e. The number of nitrogens with zero attached hydrogens (tertiary/aromatic N) is 4. The highest BCUT2D eigenvalue weighted by Crippen LogP contribution is 2.31. The number of ether oxygens (including phenoxy) is 1. The molecule has 0 unspecified atom stereocenters. The number of fused-ring (bicyclic) bond motifs is 1. The molecule has 1 saturated carbocycles. The Morgan fingerprint density at radius 3 is 2.91 bits per heavy atom. The monoisotopic (exact) mass is 298 g/mol. The van der Waals surface area contributed by atoms with Gasteiger partial charge in [0.05, 0.1) is 24.8 Å². The van der Waals surface area contributed by atoms with E-state index >= 15 is 0 Å². The van der Waals surface area contributed by atoms with Gasteiger partial charge in [-0.2, -0.15) is 0 Å².